The number of benzene rings is 4. The quantitative estimate of drug-likeness (QED) is 0.242. The molecule has 0 bridgehead atoms. The Morgan fingerprint density at radius 1 is 0.541 bits per heavy atom. The lowest BCUT2D eigenvalue weighted by atomic mass is 9.94. The van der Waals surface area contributed by atoms with E-state index in [-0.39, 0.29) is 36.7 Å². The molecule has 0 spiro atoms. The molecule has 4 aromatic rings. The van der Waals surface area contributed by atoms with Gasteiger partial charge < -0.3 is 5.32 Å². The van der Waals surface area contributed by atoms with Gasteiger partial charge in [0.15, 0.2) is 0 Å². The number of halogens is 2. The Bertz CT molecular complexity index is 1520. The van der Waals surface area contributed by atoms with E-state index in [1.807, 2.05) is 24.3 Å². The number of amides is 4. The summed E-state index contributed by atoms with van der Waals surface area (Å²) in [7, 11) is 0. The van der Waals surface area contributed by atoms with Crippen molar-refractivity contribution >= 4 is 77.0 Å². The maximum atomic E-state index is 13.1. The van der Waals surface area contributed by atoms with E-state index in [0.29, 0.717) is 46.1 Å². The highest BCUT2D eigenvalue weighted by molar-refractivity contribution is 9.11. The first-order chi connectivity index (χ1) is 17.9. The molecule has 4 aromatic carbocycles. The first-order valence-electron chi connectivity index (χ1n) is 11.7. The number of carbonyl (C=O) groups excluding carboxylic acids is 4. The van der Waals surface area contributed by atoms with Crippen LogP contribution in [0.4, 0.5) is 0 Å². The van der Waals surface area contributed by atoms with Crippen molar-refractivity contribution in [3.8, 4) is 0 Å². The van der Waals surface area contributed by atoms with E-state index >= 15 is 0 Å². The Morgan fingerprint density at radius 2 is 0.919 bits per heavy atom. The fourth-order valence-corrected chi connectivity index (χ4v) is 6.06. The maximum Gasteiger partial charge on any atom is 0.261 e. The van der Waals surface area contributed by atoms with Gasteiger partial charge >= 0.3 is 0 Å². The van der Waals surface area contributed by atoms with Gasteiger partial charge in [-0.25, -0.2) is 0 Å². The van der Waals surface area contributed by atoms with Crippen LogP contribution in [0.1, 0.15) is 41.4 Å². The number of imide groups is 2. The summed E-state index contributed by atoms with van der Waals surface area (Å²) in [5.41, 5.74) is 1.99. The highest BCUT2D eigenvalue weighted by Gasteiger charge is 2.34. The minimum Gasteiger partial charge on any atom is -0.313 e. The summed E-state index contributed by atoms with van der Waals surface area (Å²) >= 11 is 6.99. The molecule has 0 aromatic heterocycles. The predicted molar refractivity (Wildman–Crippen MR) is 147 cm³/mol. The van der Waals surface area contributed by atoms with Crippen LogP contribution in [0.2, 0.25) is 0 Å². The lowest BCUT2D eigenvalue weighted by molar-refractivity contribution is 0.0607. The van der Waals surface area contributed by atoms with Crippen LogP contribution in [0.25, 0.3) is 21.5 Å². The number of hydrogen-bond acceptors (Lipinski definition) is 5. The van der Waals surface area contributed by atoms with E-state index < -0.39 is 0 Å². The second kappa shape index (κ2) is 9.16. The smallest absolute Gasteiger partial charge is 0.261 e. The average Bonchev–Trinajstić information content (AvgIpc) is 2.90. The highest BCUT2D eigenvalue weighted by Crippen LogP contribution is 2.35. The molecule has 37 heavy (non-hydrogen) atoms. The molecule has 2 aliphatic rings. The van der Waals surface area contributed by atoms with Crippen molar-refractivity contribution in [2.45, 2.75) is 0 Å². The molecule has 0 saturated heterocycles. The molecule has 9 heteroatoms. The summed E-state index contributed by atoms with van der Waals surface area (Å²) in [5, 5.41) is 6.16. The number of nitrogens with zero attached hydrogens (tertiary/aromatic N) is 2. The fraction of sp³-hybridized carbons (Fsp3) is 0.143. The van der Waals surface area contributed by atoms with Gasteiger partial charge in [-0.15, -0.1) is 0 Å². The highest BCUT2D eigenvalue weighted by atomic mass is 79.9. The molecule has 0 unspecified atom stereocenters. The molecule has 0 atom stereocenters. The van der Waals surface area contributed by atoms with E-state index in [9.17, 15) is 19.2 Å². The SMILES string of the molecule is O=C1c2cccc3c(Br)ccc(c23)C(=O)N1CCNCCN1C(=O)c2cccc3c(Br)ccc(c23)C1=O. The molecule has 0 saturated carbocycles. The zero-order valence-electron chi connectivity index (χ0n) is 19.4. The van der Waals surface area contributed by atoms with E-state index in [2.05, 4.69) is 37.2 Å². The van der Waals surface area contributed by atoms with Crippen LogP contribution in [0, 0.1) is 0 Å². The Hall–Kier alpha value is -3.40. The van der Waals surface area contributed by atoms with Crippen molar-refractivity contribution in [1.29, 1.82) is 0 Å². The maximum absolute atomic E-state index is 13.1. The van der Waals surface area contributed by atoms with Crippen molar-refractivity contribution in [3.63, 3.8) is 0 Å². The third-order valence-electron chi connectivity index (χ3n) is 6.90. The molecule has 0 radical (unpaired) electrons. The van der Waals surface area contributed by atoms with Gasteiger partial charge in [0.1, 0.15) is 0 Å². The van der Waals surface area contributed by atoms with Crippen molar-refractivity contribution in [1.82, 2.24) is 15.1 Å². The number of nitrogens with one attached hydrogen (secondary N) is 1. The van der Waals surface area contributed by atoms with E-state index in [1.165, 1.54) is 9.80 Å². The molecule has 1 N–H and O–H groups in total. The summed E-state index contributed by atoms with van der Waals surface area (Å²) in [6, 6.07) is 17.9. The summed E-state index contributed by atoms with van der Waals surface area (Å²) in [6.07, 6.45) is 0. The lowest BCUT2D eigenvalue weighted by Crippen LogP contribution is -2.46. The van der Waals surface area contributed by atoms with Gasteiger partial charge in [0.05, 0.1) is 0 Å². The summed E-state index contributed by atoms with van der Waals surface area (Å²) in [6.45, 7) is 0.993. The standard InChI is InChI=1S/C28H19Br2N3O4/c29-21-9-7-19-23-15(21)3-1-5-17(23)25(34)32(27(19)36)13-11-31-12-14-33-26(35)18-6-2-4-16-22(30)10-8-20(24(16)18)28(33)37/h1-10,31H,11-14H2. The Kier molecular flexibility index (Phi) is 5.94. The van der Waals surface area contributed by atoms with E-state index in [1.54, 1.807) is 36.4 Å². The first-order valence-corrected chi connectivity index (χ1v) is 13.3. The van der Waals surface area contributed by atoms with Gasteiger partial charge in [0, 0.05) is 68.2 Å². The van der Waals surface area contributed by atoms with Gasteiger partial charge in [-0.05, 0) is 47.2 Å². The van der Waals surface area contributed by atoms with Crippen LogP contribution >= 0.6 is 31.9 Å². The molecule has 7 nitrogen and oxygen atoms in total. The molecular weight excluding hydrogens is 602 g/mol. The molecule has 2 heterocycles. The summed E-state index contributed by atoms with van der Waals surface area (Å²) in [4.78, 5) is 54.9. The summed E-state index contributed by atoms with van der Waals surface area (Å²) in [5.74, 6) is -1.33. The van der Waals surface area contributed by atoms with Crippen LogP contribution in [-0.4, -0.2) is 59.6 Å². The topological polar surface area (TPSA) is 86.8 Å². The Balaban J connectivity index is 1.13. The third kappa shape index (κ3) is 3.72. The molecule has 2 aliphatic heterocycles. The van der Waals surface area contributed by atoms with Gasteiger partial charge in [-0.1, -0.05) is 56.1 Å². The van der Waals surface area contributed by atoms with Gasteiger partial charge in [0.2, 0.25) is 0 Å². The van der Waals surface area contributed by atoms with Crippen LogP contribution < -0.4 is 5.32 Å². The van der Waals surface area contributed by atoms with Crippen LogP contribution in [0.5, 0.6) is 0 Å². The van der Waals surface area contributed by atoms with E-state index in [0.717, 1.165) is 19.7 Å². The largest absolute Gasteiger partial charge is 0.313 e. The number of carbonyl (C=O) groups is 4. The second-order valence-electron chi connectivity index (χ2n) is 8.92. The predicted octanol–water partition coefficient (Wildman–Crippen LogP) is 5.00. The molecule has 4 amide bonds. The number of hydrogen-bond donors (Lipinski definition) is 1. The lowest BCUT2D eigenvalue weighted by Gasteiger charge is -2.28. The van der Waals surface area contributed by atoms with Crippen molar-refractivity contribution in [2.75, 3.05) is 26.2 Å². The molecule has 0 fully saturated rings. The zero-order chi connectivity index (χ0) is 25.8. The Labute approximate surface area is 228 Å². The molecular formula is C28H19Br2N3O4. The Morgan fingerprint density at radius 3 is 1.32 bits per heavy atom. The normalized spacial score (nSPS) is 14.9. The van der Waals surface area contributed by atoms with Crippen LogP contribution in [0.15, 0.2) is 69.6 Å². The summed E-state index contributed by atoms with van der Waals surface area (Å²) < 4.78 is 1.66. The van der Waals surface area contributed by atoms with Gasteiger partial charge in [0.25, 0.3) is 23.6 Å². The van der Waals surface area contributed by atoms with Gasteiger partial charge in [-0.2, -0.15) is 0 Å². The minimum atomic E-state index is -0.333. The molecule has 0 aliphatic carbocycles. The zero-order valence-corrected chi connectivity index (χ0v) is 22.6. The number of rotatable bonds is 6. The van der Waals surface area contributed by atoms with Crippen LogP contribution in [0.3, 0.4) is 0 Å². The molecule has 6 rings (SSSR count). The first kappa shape index (κ1) is 24.0. The van der Waals surface area contributed by atoms with Crippen molar-refractivity contribution in [2.24, 2.45) is 0 Å². The minimum absolute atomic E-state index is 0.168. The van der Waals surface area contributed by atoms with Crippen molar-refractivity contribution < 1.29 is 19.2 Å². The third-order valence-corrected chi connectivity index (χ3v) is 8.28. The van der Waals surface area contributed by atoms with Gasteiger partial charge in [-0.3, -0.25) is 29.0 Å². The molecule has 184 valence electrons. The van der Waals surface area contributed by atoms with E-state index in [4.69, 9.17) is 0 Å². The monoisotopic (exact) mass is 619 g/mol. The van der Waals surface area contributed by atoms with Crippen LogP contribution in [-0.2, 0) is 0 Å². The second-order valence-corrected chi connectivity index (χ2v) is 10.6. The average molecular weight is 621 g/mol. The fourth-order valence-electron chi connectivity index (χ4n) is 5.13. The van der Waals surface area contributed by atoms with Crippen molar-refractivity contribution in [3.05, 3.63) is 91.9 Å².